The first-order valence-electron chi connectivity index (χ1n) is 13.1. The lowest BCUT2D eigenvalue weighted by Crippen LogP contribution is -2.68. The summed E-state index contributed by atoms with van der Waals surface area (Å²) in [5.74, 6) is 2.56. The molecule has 8 rings (SSSR count). The summed E-state index contributed by atoms with van der Waals surface area (Å²) in [4.78, 5) is 33.7. The average Bonchev–Trinajstić information content (AvgIpc) is 3.51. The van der Waals surface area contributed by atoms with Gasteiger partial charge in [0.1, 0.15) is 5.82 Å². The number of nitriles is 1. The summed E-state index contributed by atoms with van der Waals surface area (Å²) in [7, 11) is 0. The fourth-order valence-electron chi connectivity index (χ4n) is 6.23. The molecule has 0 radical (unpaired) electrons. The summed E-state index contributed by atoms with van der Waals surface area (Å²) < 4.78 is 5.97. The molecule has 1 N–H and O–H groups in total. The number of aliphatic imine (C=N–C) groups is 1. The predicted octanol–water partition coefficient (Wildman–Crippen LogP) is 2.91. The van der Waals surface area contributed by atoms with Crippen LogP contribution in [0.15, 0.2) is 29.4 Å². The lowest BCUT2D eigenvalue weighted by molar-refractivity contribution is -0.0441. The number of hydrogen-bond donors (Lipinski definition) is 1. The summed E-state index contributed by atoms with van der Waals surface area (Å²) in [6.07, 6.45) is 7.82. The first-order valence-corrected chi connectivity index (χ1v) is 13.1. The number of amides is 1. The molecule has 0 spiro atoms. The maximum absolute atomic E-state index is 13.1. The van der Waals surface area contributed by atoms with Gasteiger partial charge in [-0.2, -0.15) is 10.2 Å². The van der Waals surface area contributed by atoms with Crippen LogP contribution in [0.2, 0.25) is 0 Å². The van der Waals surface area contributed by atoms with E-state index < -0.39 is 0 Å². The quantitative estimate of drug-likeness (QED) is 0.644. The molecule has 36 heavy (non-hydrogen) atoms. The highest BCUT2D eigenvalue weighted by Gasteiger charge is 2.57. The van der Waals surface area contributed by atoms with E-state index in [1.807, 2.05) is 18.3 Å². The van der Waals surface area contributed by atoms with Gasteiger partial charge in [0, 0.05) is 54.0 Å². The fraction of sp³-hybridized carbons (Fsp3) is 0.556. The molecule has 9 heteroatoms. The van der Waals surface area contributed by atoms with Gasteiger partial charge < -0.3 is 15.0 Å². The SMILES string of the molecule is N#C[C@@H]1C[C@@H]1COc1cc(N2CCC(C3=NCc4ncccc43)CC2)nc(C(=O)NC23CC(C2)C3)n1. The average molecular weight is 484 g/mol. The summed E-state index contributed by atoms with van der Waals surface area (Å²) in [5.41, 5.74) is 3.40. The van der Waals surface area contributed by atoms with Crippen LogP contribution in [-0.4, -0.2) is 51.8 Å². The van der Waals surface area contributed by atoms with Crippen LogP contribution in [0.5, 0.6) is 5.88 Å². The lowest BCUT2D eigenvalue weighted by Gasteiger charge is -2.61. The Bertz CT molecular complexity index is 1280. The van der Waals surface area contributed by atoms with Crippen molar-refractivity contribution in [3.63, 3.8) is 0 Å². The molecule has 2 bridgehead atoms. The Hall–Kier alpha value is -3.54. The number of fused-ring (bicyclic) bond motifs is 1. The largest absolute Gasteiger partial charge is 0.477 e. The van der Waals surface area contributed by atoms with Crippen molar-refractivity contribution < 1.29 is 9.53 Å². The Morgan fingerprint density at radius 3 is 2.81 bits per heavy atom. The van der Waals surface area contributed by atoms with Crippen LogP contribution in [0, 0.1) is 35.0 Å². The van der Waals surface area contributed by atoms with Gasteiger partial charge in [-0.1, -0.05) is 0 Å². The number of pyridine rings is 1. The predicted molar refractivity (Wildman–Crippen MR) is 132 cm³/mol. The Morgan fingerprint density at radius 1 is 1.25 bits per heavy atom. The molecule has 1 amide bonds. The van der Waals surface area contributed by atoms with E-state index >= 15 is 0 Å². The van der Waals surface area contributed by atoms with E-state index in [1.165, 1.54) is 11.3 Å². The molecular formula is C27H29N7O2. The molecule has 4 heterocycles. The molecule has 2 aliphatic heterocycles. The minimum absolute atomic E-state index is 0.0400. The molecule has 1 saturated heterocycles. The van der Waals surface area contributed by atoms with Gasteiger partial charge in [0.15, 0.2) is 0 Å². The van der Waals surface area contributed by atoms with Crippen molar-refractivity contribution in [3.8, 4) is 11.9 Å². The van der Waals surface area contributed by atoms with Crippen LogP contribution in [0.25, 0.3) is 0 Å². The number of rotatable bonds is 7. The maximum atomic E-state index is 13.1. The Morgan fingerprint density at radius 2 is 2.08 bits per heavy atom. The molecule has 0 unspecified atom stereocenters. The highest BCUT2D eigenvalue weighted by atomic mass is 16.5. The minimum Gasteiger partial charge on any atom is -0.477 e. The van der Waals surface area contributed by atoms with Gasteiger partial charge in [0.25, 0.3) is 5.91 Å². The summed E-state index contributed by atoms with van der Waals surface area (Å²) >= 11 is 0. The second kappa shape index (κ2) is 8.26. The smallest absolute Gasteiger partial charge is 0.289 e. The Labute approximate surface area is 210 Å². The van der Waals surface area contributed by atoms with Gasteiger partial charge in [-0.15, -0.1) is 0 Å². The van der Waals surface area contributed by atoms with Gasteiger partial charge in [-0.05, 0) is 56.6 Å². The number of hydrogen-bond acceptors (Lipinski definition) is 8. The second-order valence-electron chi connectivity index (χ2n) is 11.1. The van der Waals surface area contributed by atoms with E-state index in [4.69, 9.17) is 15.0 Å². The number of carbonyl (C=O) groups excluding carboxylic acids is 1. The Kier molecular flexibility index (Phi) is 4.98. The van der Waals surface area contributed by atoms with Crippen molar-refractivity contribution >= 4 is 17.4 Å². The summed E-state index contributed by atoms with van der Waals surface area (Å²) in [5, 5.41) is 12.3. The number of carbonyl (C=O) groups is 1. The minimum atomic E-state index is -0.222. The van der Waals surface area contributed by atoms with Crippen molar-refractivity contribution in [2.24, 2.45) is 28.7 Å². The number of anilines is 1. The van der Waals surface area contributed by atoms with Crippen molar-refractivity contribution in [3.05, 3.63) is 41.5 Å². The monoisotopic (exact) mass is 483 g/mol. The zero-order chi connectivity index (χ0) is 24.3. The van der Waals surface area contributed by atoms with Gasteiger partial charge in [-0.3, -0.25) is 14.8 Å². The lowest BCUT2D eigenvalue weighted by atomic mass is 9.50. The third-order valence-electron chi connectivity index (χ3n) is 8.61. The molecule has 4 aliphatic carbocycles. The zero-order valence-electron chi connectivity index (χ0n) is 20.2. The van der Waals surface area contributed by atoms with Crippen molar-refractivity contribution in [2.45, 2.75) is 50.6 Å². The van der Waals surface area contributed by atoms with E-state index in [0.29, 0.717) is 24.9 Å². The van der Waals surface area contributed by atoms with E-state index in [2.05, 4.69) is 37.3 Å². The number of piperidine rings is 1. The molecular weight excluding hydrogens is 454 g/mol. The maximum Gasteiger partial charge on any atom is 0.289 e. The van der Waals surface area contributed by atoms with Gasteiger partial charge in [-0.25, -0.2) is 4.98 Å². The second-order valence-corrected chi connectivity index (χ2v) is 11.1. The molecule has 2 aromatic heterocycles. The highest BCUT2D eigenvalue weighted by molar-refractivity contribution is 6.04. The first-order chi connectivity index (χ1) is 17.6. The van der Waals surface area contributed by atoms with Crippen LogP contribution in [0.3, 0.4) is 0 Å². The highest BCUT2D eigenvalue weighted by Crippen LogP contribution is 2.57. The molecule has 0 aromatic carbocycles. The zero-order valence-corrected chi connectivity index (χ0v) is 20.2. The normalized spacial score (nSPS) is 29.8. The first kappa shape index (κ1) is 21.7. The van der Waals surface area contributed by atoms with Crippen LogP contribution in [0.4, 0.5) is 5.82 Å². The third-order valence-corrected chi connectivity index (χ3v) is 8.61. The van der Waals surface area contributed by atoms with E-state index in [9.17, 15) is 4.79 Å². The van der Waals surface area contributed by atoms with Crippen LogP contribution >= 0.6 is 0 Å². The van der Waals surface area contributed by atoms with E-state index in [1.54, 1.807) is 0 Å². The molecule has 184 valence electrons. The van der Waals surface area contributed by atoms with Crippen LogP contribution in [0.1, 0.15) is 60.4 Å². The number of aromatic nitrogens is 3. The topological polar surface area (TPSA) is 116 Å². The van der Waals surface area contributed by atoms with E-state index in [-0.39, 0.29) is 29.1 Å². The fourth-order valence-corrected chi connectivity index (χ4v) is 6.23. The third kappa shape index (κ3) is 3.80. The Balaban J connectivity index is 1.07. The van der Waals surface area contributed by atoms with Gasteiger partial charge in [0.2, 0.25) is 11.7 Å². The number of ether oxygens (including phenoxy) is 1. The molecule has 2 aromatic rings. The molecule has 6 aliphatic rings. The molecule has 5 fully saturated rings. The van der Waals surface area contributed by atoms with Crippen molar-refractivity contribution in [1.29, 1.82) is 5.26 Å². The van der Waals surface area contributed by atoms with Gasteiger partial charge in [0.05, 0.1) is 30.8 Å². The molecule has 4 saturated carbocycles. The van der Waals surface area contributed by atoms with Crippen LogP contribution in [-0.2, 0) is 6.54 Å². The molecule has 2 atom stereocenters. The number of nitrogens with one attached hydrogen (secondary N) is 1. The number of nitrogens with zero attached hydrogens (tertiary/aromatic N) is 6. The van der Waals surface area contributed by atoms with E-state index in [0.717, 1.165) is 69.0 Å². The van der Waals surface area contributed by atoms with Crippen molar-refractivity contribution in [1.82, 2.24) is 20.3 Å². The van der Waals surface area contributed by atoms with Gasteiger partial charge >= 0.3 is 0 Å². The van der Waals surface area contributed by atoms with Crippen LogP contribution < -0.4 is 15.0 Å². The molecule has 9 nitrogen and oxygen atoms in total. The summed E-state index contributed by atoms with van der Waals surface area (Å²) in [6, 6.07) is 8.25. The standard InChI is InChI=1S/C27H29N7O2/c28-13-18-8-19(18)15-36-23-9-22(31-25(32-23)26(35)33-27-10-16(11-27)12-27)34-6-3-17(4-7-34)24-20-2-1-5-29-21(20)14-30-24/h1-2,5,9,16-19H,3-4,6-8,10-12,14-15H2,(H,33,35)/t16?,18-,19+,27?/m0/s1. The van der Waals surface area contributed by atoms with Crippen molar-refractivity contribution in [2.75, 3.05) is 24.6 Å². The summed E-state index contributed by atoms with van der Waals surface area (Å²) in [6.45, 7) is 2.76.